The van der Waals surface area contributed by atoms with Crippen molar-refractivity contribution >= 4 is 28.6 Å². The molecule has 1 atom stereocenters. The SMILES string of the molecule is O=C(Nc1ccc2oc(=O)n(CC(=O)N3CCCCC3)c2c1)[C@H]1CCCc2cn[nH]c21. The minimum absolute atomic E-state index is 0.0661. The first-order valence-electron chi connectivity index (χ1n) is 10.8. The Kier molecular flexibility index (Phi) is 5.09. The molecule has 1 aliphatic carbocycles. The fourth-order valence-corrected chi connectivity index (χ4v) is 4.62. The highest BCUT2D eigenvalue weighted by atomic mass is 16.4. The minimum Gasteiger partial charge on any atom is -0.408 e. The average molecular weight is 423 g/mol. The third kappa shape index (κ3) is 3.75. The van der Waals surface area contributed by atoms with Crippen LogP contribution in [0.3, 0.4) is 0 Å². The van der Waals surface area contributed by atoms with E-state index in [0.717, 1.165) is 62.9 Å². The van der Waals surface area contributed by atoms with Crippen LogP contribution in [0.5, 0.6) is 0 Å². The zero-order chi connectivity index (χ0) is 21.4. The van der Waals surface area contributed by atoms with Gasteiger partial charge in [-0.1, -0.05) is 0 Å². The molecule has 1 saturated heterocycles. The van der Waals surface area contributed by atoms with Crippen LogP contribution in [-0.4, -0.2) is 44.6 Å². The lowest BCUT2D eigenvalue weighted by atomic mass is 9.87. The molecule has 2 amide bonds. The largest absolute Gasteiger partial charge is 0.420 e. The third-order valence-electron chi connectivity index (χ3n) is 6.29. The van der Waals surface area contributed by atoms with E-state index in [9.17, 15) is 14.4 Å². The van der Waals surface area contributed by atoms with Crippen LogP contribution in [0.4, 0.5) is 5.69 Å². The number of aryl methyl sites for hydroxylation is 1. The Morgan fingerprint density at radius 2 is 2.03 bits per heavy atom. The summed E-state index contributed by atoms with van der Waals surface area (Å²) in [5, 5.41) is 9.98. The lowest BCUT2D eigenvalue weighted by molar-refractivity contribution is -0.132. The number of aromatic nitrogens is 3. The number of aromatic amines is 1. The minimum atomic E-state index is -0.571. The number of carbonyl (C=O) groups is 2. The van der Waals surface area contributed by atoms with Gasteiger partial charge in [0.1, 0.15) is 6.54 Å². The molecular formula is C22H25N5O4. The van der Waals surface area contributed by atoms with Gasteiger partial charge in [0, 0.05) is 18.8 Å². The molecule has 3 heterocycles. The van der Waals surface area contributed by atoms with Crippen molar-refractivity contribution < 1.29 is 14.0 Å². The molecule has 1 fully saturated rings. The molecular weight excluding hydrogens is 398 g/mol. The molecule has 2 N–H and O–H groups in total. The van der Waals surface area contributed by atoms with Crippen molar-refractivity contribution in [3.05, 3.63) is 46.2 Å². The Bertz CT molecular complexity index is 1180. The summed E-state index contributed by atoms with van der Waals surface area (Å²) in [5.41, 5.74) is 3.41. The summed E-state index contributed by atoms with van der Waals surface area (Å²) in [7, 11) is 0. The highest BCUT2D eigenvalue weighted by Gasteiger charge is 2.28. The van der Waals surface area contributed by atoms with Crippen molar-refractivity contribution in [1.82, 2.24) is 19.7 Å². The number of hydrogen-bond donors (Lipinski definition) is 2. The number of anilines is 1. The Hall–Kier alpha value is -3.36. The Labute approximate surface area is 178 Å². The van der Waals surface area contributed by atoms with Crippen LogP contribution in [0, 0.1) is 0 Å². The van der Waals surface area contributed by atoms with E-state index in [4.69, 9.17) is 4.42 Å². The molecule has 0 spiro atoms. The van der Waals surface area contributed by atoms with Crippen LogP contribution in [-0.2, 0) is 22.6 Å². The van der Waals surface area contributed by atoms with E-state index in [-0.39, 0.29) is 24.3 Å². The second-order valence-corrected chi connectivity index (χ2v) is 8.32. The van der Waals surface area contributed by atoms with Crippen LogP contribution < -0.4 is 11.1 Å². The third-order valence-corrected chi connectivity index (χ3v) is 6.29. The normalized spacial score (nSPS) is 18.7. The molecule has 9 nitrogen and oxygen atoms in total. The smallest absolute Gasteiger partial charge is 0.408 e. The number of rotatable bonds is 4. The molecule has 9 heteroatoms. The van der Waals surface area contributed by atoms with Gasteiger partial charge in [0.2, 0.25) is 11.8 Å². The topological polar surface area (TPSA) is 113 Å². The molecule has 162 valence electrons. The first-order valence-corrected chi connectivity index (χ1v) is 10.8. The summed E-state index contributed by atoms with van der Waals surface area (Å²) in [4.78, 5) is 39.8. The first-order chi connectivity index (χ1) is 15.1. The number of nitrogens with zero attached hydrogens (tertiary/aromatic N) is 3. The van der Waals surface area contributed by atoms with E-state index in [1.54, 1.807) is 29.3 Å². The zero-order valence-corrected chi connectivity index (χ0v) is 17.2. The van der Waals surface area contributed by atoms with Gasteiger partial charge in [-0.3, -0.25) is 19.3 Å². The molecule has 0 unspecified atom stereocenters. The number of fused-ring (bicyclic) bond motifs is 2. The van der Waals surface area contributed by atoms with Gasteiger partial charge in [-0.2, -0.15) is 5.10 Å². The predicted molar refractivity (Wildman–Crippen MR) is 114 cm³/mol. The van der Waals surface area contributed by atoms with Crippen molar-refractivity contribution in [2.24, 2.45) is 0 Å². The highest BCUT2D eigenvalue weighted by Crippen LogP contribution is 2.31. The number of benzene rings is 1. The van der Waals surface area contributed by atoms with E-state index in [0.29, 0.717) is 16.8 Å². The van der Waals surface area contributed by atoms with Crippen molar-refractivity contribution in [3.63, 3.8) is 0 Å². The maximum atomic E-state index is 12.9. The second-order valence-electron chi connectivity index (χ2n) is 8.32. The number of piperidine rings is 1. The van der Waals surface area contributed by atoms with Gasteiger partial charge in [-0.15, -0.1) is 0 Å². The number of amides is 2. The summed E-state index contributed by atoms with van der Waals surface area (Å²) in [6.45, 7) is 1.38. The standard InChI is InChI=1S/C22H25N5O4/c28-19(26-9-2-1-3-10-26)13-27-17-11-15(7-8-18(17)31-22(27)30)24-21(29)16-6-4-5-14-12-23-25-20(14)16/h7-8,11-12,16H,1-6,9-10,13H2,(H,23,25)(H,24,29)/t16-/m0/s1. The number of H-pyrrole nitrogens is 1. The van der Waals surface area contributed by atoms with E-state index >= 15 is 0 Å². The molecule has 0 radical (unpaired) electrons. The zero-order valence-electron chi connectivity index (χ0n) is 17.2. The molecule has 2 aromatic heterocycles. The first kappa shape index (κ1) is 19.6. The van der Waals surface area contributed by atoms with Crippen molar-refractivity contribution in [2.75, 3.05) is 18.4 Å². The second kappa shape index (κ2) is 8.05. The van der Waals surface area contributed by atoms with Gasteiger partial charge in [-0.05, 0) is 62.3 Å². The molecule has 5 rings (SSSR count). The number of likely N-dealkylation sites (tertiary alicyclic amines) is 1. The number of carbonyl (C=O) groups excluding carboxylic acids is 2. The van der Waals surface area contributed by atoms with Crippen LogP contribution in [0.15, 0.2) is 33.6 Å². The molecule has 31 heavy (non-hydrogen) atoms. The summed E-state index contributed by atoms with van der Waals surface area (Å²) in [5.74, 6) is -1.06. The quantitative estimate of drug-likeness (QED) is 0.669. The van der Waals surface area contributed by atoms with Gasteiger partial charge >= 0.3 is 5.76 Å². The van der Waals surface area contributed by atoms with Gasteiger partial charge in [0.05, 0.1) is 23.3 Å². The Morgan fingerprint density at radius 3 is 2.87 bits per heavy atom. The van der Waals surface area contributed by atoms with Gasteiger partial charge < -0.3 is 14.6 Å². The highest BCUT2D eigenvalue weighted by molar-refractivity contribution is 5.97. The molecule has 2 aliphatic rings. The lowest BCUT2D eigenvalue weighted by Gasteiger charge is -2.26. The Morgan fingerprint density at radius 1 is 1.19 bits per heavy atom. The number of hydrogen-bond acceptors (Lipinski definition) is 5. The summed E-state index contributed by atoms with van der Waals surface area (Å²) >= 11 is 0. The fourth-order valence-electron chi connectivity index (χ4n) is 4.62. The summed E-state index contributed by atoms with van der Waals surface area (Å²) < 4.78 is 6.65. The molecule has 0 bridgehead atoms. The predicted octanol–water partition coefficient (Wildman–Crippen LogP) is 2.39. The fraction of sp³-hybridized carbons (Fsp3) is 0.455. The van der Waals surface area contributed by atoms with Gasteiger partial charge in [-0.25, -0.2) is 4.79 Å². The maximum absolute atomic E-state index is 12.9. The van der Waals surface area contributed by atoms with E-state index < -0.39 is 5.76 Å². The lowest BCUT2D eigenvalue weighted by Crippen LogP contribution is -2.39. The van der Waals surface area contributed by atoms with Crippen molar-refractivity contribution in [2.45, 2.75) is 51.0 Å². The Balaban J connectivity index is 1.37. The average Bonchev–Trinajstić information content (AvgIpc) is 3.38. The number of oxazole rings is 1. The molecule has 1 aromatic carbocycles. The van der Waals surface area contributed by atoms with Crippen LogP contribution in [0.1, 0.15) is 49.3 Å². The van der Waals surface area contributed by atoms with Crippen LogP contribution in [0.25, 0.3) is 11.1 Å². The summed E-state index contributed by atoms with van der Waals surface area (Å²) in [6, 6.07) is 5.05. The van der Waals surface area contributed by atoms with E-state index in [1.165, 1.54) is 4.57 Å². The maximum Gasteiger partial charge on any atom is 0.420 e. The van der Waals surface area contributed by atoms with Gasteiger partial charge in [0.25, 0.3) is 0 Å². The van der Waals surface area contributed by atoms with E-state index in [1.807, 2.05) is 0 Å². The molecule has 3 aromatic rings. The van der Waals surface area contributed by atoms with Crippen molar-refractivity contribution in [1.29, 1.82) is 0 Å². The number of nitrogens with one attached hydrogen (secondary N) is 2. The van der Waals surface area contributed by atoms with E-state index in [2.05, 4.69) is 15.5 Å². The monoisotopic (exact) mass is 423 g/mol. The molecule has 0 saturated carbocycles. The van der Waals surface area contributed by atoms with Crippen LogP contribution in [0.2, 0.25) is 0 Å². The van der Waals surface area contributed by atoms with Crippen LogP contribution >= 0.6 is 0 Å². The molecule has 1 aliphatic heterocycles. The van der Waals surface area contributed by atoms with Gasteiger partial charge in [0.15, 0.2) is 5.58 Å². The van der Waals surface area contributed by atoms with Crippen molar-refractivity contribution in [3.8, 4) is 0 Å². The summed E-state index contributed by atoms with van der Waals surface area (Å²) in [6.07, 6.45) is 7.50.